The number of para-hydroxylation sites is 1. The summed E-state index contributed by atoms with van der Waals surface area (Å²) in [6.07, 6.45) is 3.42. The van der Waals surface area contributed by atoms with Crippen LogP contribution in [0.5, 0.6) is 5.75 Å². The average Bonchev–Trinajstić information content (AvgIpc) is 2.90. The first kappa shape index (κ1) is 13.3. The molecule has 19 heavy (non-hydrogen) atoms. The maximum absolute atomic E-state index is 12.1. The van der Waals surface area contributed by atoms with E-state index in [9.17, 15) is 4.79 Å². The van der Waals surface area contributed by atoms with Crippen molar-refractivity contribution in [2.24, 2.45) is 0 Å². The van der Waals surface area contributed by atoms with Gasteiger partial charge in [0, 0.05) is 12.2 Å². The molecule has 102 valence electrons. The van der Waals surface area contributed by atoms with E-state index >= 15 is 0 Å². The third kappa shape index (κ3) is 2.81. The van der Waals surface area contributed by atoms with Gasteiger partial charge in [0.2, 0.25) is 0 Å². The van der Waals surface area contributed by atoms with Gasteiger partial charge >= 0.3 is 0 Å². The largest absolute Gasteiger partial charge is 0.494 e. The van der Waals surface area contributed by atoms with E-state index in [1.165, 1.54) is 0 Å². The fourth-order valence-electron chi connectivity index (χ4n) is 1.92. The second kappa shape index (κ2) is 5.65. The van der Waals surface area contributed by atoms with Crippen LogP contribution in [0.2, 0.25) is 0 Å². The number of carbonyl (C=O) groups excluding carboxylic acids is 1. The van der Waals surface area contributed by atoms with Crippen molar-refractivity contribution >= 4 is 11.6 Å². The van der Waals surface area contributed by atoms with Gasteiger partial charge in [-0.15, -0.1) is 0 Å². The summed E-state index contributed by atoms with van der Waals surface area (Å²) in [5.41, 5.74) is 1.33. The molecule has 1 heterocycles. The van der Waals surface area contributed by atoms with Gasteiger partial charge in [-0.25, -0.2) is 0 Å². The van der Waals surface area contributed by atoms with Crippen molar-refractivity contribution in [3.8, 4) is 5.75 Å². The van der Waals surface area contributed by atoms with Gasteiger partial charge in [-0.2, -0.15) is 0 Å². The van der Waals surface area contributed by atoms with E-state index in [4.69, 9.17) is 9.47 Å². The molecule has 1 aromatic rings. The van der Waals surface area contributed by atoms with Gasteiger partial charge in [-0.1, -0.05) is 6.07 Å². The lowest BCUT2D eigenvalue weighted by atomic mass is 10.1. The molecule has 5 nitrogen and oxygen atoms in total. The SMILES string of the molecule is COc1c(C(=O)NC(C)C)cccc1N1C=COC1. The second-order valence-corrected chi connectivity index (χ2v) is 4.54. The molecule has 5 heteroatoms. The van der Waals surface area contributed by atoms with E-state index in [2.05, 4.69) is 5.32 Å². The van der Waals surface area contributed by atoms with Crippen LogP contribution in [-0.4, -0.2) is 25.8 Å². The lowest BCUT2D eigenvalue weighted by Gasteiger charge is -2.20. The smallest absolute Gasteiger partial charge is 0.255 e. The third-order valence-corrected chi connectivity index (χ3v) is 2.72. The van der Waals surface area contributed by atoms with Crippen molar-refractivity contribution in [1.29, 1.82) is 0 Å². The Morgan fingerprint density at radius 3 is 2.84 bits per heavy atom. The zero-order valence-electron chi connectivity index (χ0n) is 11.3. The predicted octanol–water partition coefficient (Wildman–Crippen LogP) is 2.10. The zero-order valence-corrected chi connectivity index (χ0v) is 11.3. The third-order valence-electron chi connectivity index (χ3n) is 2.72. The van der Waals surface area contributed by atoms with Gasteiger partial charge in [0.1, 0.15) is 6.26 Å². The summed E-state index contributed by atoms with van der Waals surface area (Å²) in [5.74, 6) is 0.411. The van der Waals surface area contributed by atoms with Crippen LogP contribution in [0.3, 0.4) is 0 Å². The highest BCUT2D eigenvalue weighted by atomic mass is 16.5. The van der Waals surface area contributed by atoms with Crippen LogP contribution >= 0.6 is 0 Å². The molecule has 0 aliphatic carbocycles. The molecule has 1 N–H and O–H groups in total. The zero-order chi connectivity index (χ0) is 13.8. The molecule has 0 fully saturated rings. The molecule has 1 aliphatic rings. The number of nitrogens with one attached hydrogen (secondary N) is 1. The first-order chi connectivity index (χ1) is 9.13. The quantitative estimate of drug-likeness (QED) is 0.902. The van der Waals surface area contributed by atoms with Gasteiger partial charge in [0.15, 0.2) is 12.5 Å². The van der Waals surface area contributed by atoms with Crippen LogP contribution in [0.1, 0.15) is 24.2 Å². The molecule has 1 amide bonds. The van der Waals surface area contributed by atoms with Crippen LogP contribution in [-0.2, 0) is 4.74 Å². The summed E-state index contributed by atoms with van der Waals surface area (Å²) >= 11 is 0. The molecule has 0 spiro atoms. The normalized spacial score (nSPS) is 13.6. The van der Waals surface area contributed by atoms with E-state index in [0.717, 1.165) is 5.69 Å². The Morgan fingerprint density at radius 2 is 2.26 bits per heavy atom. The fraction of sp³-hybridized carbons (Fsp3) is 0.357. The maximum Gasteiger partial charge on any atom is 0.255 e. The number of carbonyl (C=O) groups is 1. The van der Waals surface area contributed by atoms with Crippen molar-refractivity contribution in [3.63, 3.8) is 0 Å². The first-order valence-corrected chi connectivity index (χ1v) is 6.16. The first-order valence-electron chi connectivity index (χ1n) is 6.16. The highest BCUT2D eigenvalue weighted by Crippen LogP contribution is 2.33. The fourth-order valence-corrected chi connectivity index (χ4v) is 1.92. The highest BCUT2D eigenvalue weighted by Gasteiger charge is 2.20. The predicted molar refractivity (Wildman–Crippen MR) is 73.2 cm³/mol. The summed E-state index contributed by atoms with van der Waals surface area (Å²) in [4.78, 5) is 14.0. The van der Waals surface area contributed by atoms with Crippen molar-refractivity contribution in [1.82, 2.24) is 5.32 Å². The monoisotopic (exact) mass is 262 g/mol. The van der Waals surface area contributed by atoms with Crippen LogP contribution in [0.25, 0.3) is 0 Å². The molecule has 0 unspecified atom stereocenters. The molecule has 0 saturated carbocycles. The Labute approximate surface area is 112 Å². The van der Waals surface area contributed by atoms with Crippen molar-refractivity contribution < 1.29 is 14.3 Å². The van der Waals surface area contributed by atoms with Crippen LogP contribution in [0.15, 0.2) is 30.7 Å². The number of nitrogens with zero attached hydrogens (tertiary/aromatic N) is 1. The number of amides is 1. The topological polar surface area (TPSA) is 50.8 Å². The van der Waals surface area contributed by atoms with E-state index in [1.54, 1.807) is 19.4 Å². The Morgan fingerprint density at radius 1 is 1.47 bits per heavy atom. The van der Waals surface area contributed by atoms with Gasteiger partial charge < -0.3 is 19.7 Å². The van der Waals surface area contributed by atoms with Gasteiger partial charge in [0.25, 0.3) is 5.91 Å². The number of benzene rings is 1. The highest BCUT2D eigenvalue weighted by molar-refractivity contribution is 5.99. The molecule has 0 saturated heterocycles. The van der Waals surface area contributed by atoms with E-state index in [0.29, 0.717) is 18.0 Å². The summed E-state index contributed by atoms with van der Waals surface area (Å²) in [5, 5.41) is 2.86. The molecule has 1 aliphatic heterocycles. The number of hydrogen-bond acceptors (Lipinski definition) is 4. The molecular weight excluding hydrogens is 244 g/mol. The molecule has 0 aromatic heterocycles. The lowest BCUT2D eigenvalue weighted by molar-refractivity contribution is 0.0940. The van der Waals surface area contributed by atoms with E-state index in [1.807, 2.05) is 37.1 Å². The maximum atomic E-state index is 12.1. The van der Waals surface area contributed by atoms with Crippen molar-refractivity contribution in [2.75, 3.05) is 18.7 Å². The standard InChI is InChI=1S/C14H18N2O3/c1-10(2)15-14(17)11-5-4-6-12(13(11)18-3)16-7-8-19-9-16/h4-8,10H,9H2,1-3H3,(H,15,17). The summed E-state index contributed by atoms with van der Waals surface area (Å²) in [6.45, 7) is 4.27. The Bertz CT molecular complexity index is 497. The average molecular weight is 262 g/mol. The summed E-state index contributed by atoms with van der Waals surface area (Å²) in [7, 11) is 1.56. The number of hydrogen-bond donors (Lipinski definition) is 1. The number of methoxy groups -OCH3 is 1. The Kier molecular flexibility index (Phi) is 3.94. The van der Waals surface area contributed by atoms with E-state index < -0.39 is 0 Å². The Hall–Kier alpha value is -2.17. The number of rotatable bonds is 4. The van der Waals surface area contributed by atoms with Crippen LogP contribution in [0, 0.1) is 0 Å². The van der Waals surface area contributed by atoms with Crippen molar-refractivity contribution in [3.05, 3.63) is 36.2 Å². The van der Waals surface area contributed by atoms with Gasteiger partial charge in [-0.3, -0.25) is 4.79 Å². The number of anilines is 1. The minimum Gasteiger partial charge on any atom is -0.494 e. The van der Waals surface area contributed by atoms with Gasteiger partial charge in [0.05, 0.1) is 18.4 Å². The lowest BCUT2D eigenvalue weighted by Crippen LogP contribution is -2.30. The van der Waals surface area contributed by atoms with E-state index in [-0.39, 0.29) is 11.9 Å². The molecule has 1 aromatic carbocycles. The number of ether oxygens (including phenoxy) is 2. The molecule has 0 radical (unpaired) electrons. The van der Waals surface area contributed by atoms with Crippen molar-refractivity contribution in [2.45, 2.75) is 19.9 Å². The molecule has 2 rings (SSSR count). The molecular formula is C14H18N2O3. The minimum atomic E-state index is -0.141. The Balaban J connectivity index is 2.36. The molecule has 0 atom stereocenters. The summed E-state index contributed by atoms with van der Waals surface area (Å²) in [6, 6.07) is 5.56. The second-order valence-electron chi connectivity index (χ2n) is 4.54. The van der Waals surface area contributed by atoms with Gasteiger partial charge in [-0.05, 0) is 26.0 Å². The minimum absolute atomic E-state index is 0.0795. The van der Waals surface area contributed by atoms with Crippen LogP contribution in [0.4, 0.5) is 5.69 Å². The van der Waals surface area contributed by atoms with Crippen LogP contribution < -0.4 is 15.0 Å². The molecule has 0 bridgehead atoms. The summed E-state index contributed by atoms with van der Waals surface area (Å²) < 4.78 is 10.6.